The number of aliphatic hydroxyl groups excluding tert-OH is 1. The molecule has 4 heteroatoms. The van der Waals surface area contributed by atoms with E-state index in [1.807, 2.05) is 24.3 Å². The largest absolute Gasteiger partial charge is 0.395 e. The molecule has 94 valence electrons. The van der Waals surface area contributed by atoms with Gasteiger partial charge >= 0.3 is 0 Å². The van der Waals surface area contributed by atoms with Gasteiger partial charge in [-0.25, -0.2) is 4.98 Å². The summed E-state index contributed by atoms with van der Waals surface area (Å²) in [5, 5.41) is 9.62. The summed E-state index contributed by atoms with van der Waals surface area (Å²) in [4.78, 5) is 6.13. The Morgan fingerprint density at radius 3 is 2.50 bits per heavy atom. The maximum absolute atomic E-state index is 9.14. The average Bonchev–Trinajstić information content (AvgIpc) is 2.40. The molecule has 0 bridgehead atoms. The van der Waals surface area contributed by atoms with Crippen molar-refractivity contribution >= 4 is 17.3 Å². The SMILES string of the molecule is OCCN(Cc1ccccc1)c1ccc(Cl)nc1. The average molecular weight is 263 g/mol. The van der Waals surface area contributed by atoms with Gasteiger partial charge < -0.3 is 10.0 Å². The molecule has 0 aliphatic rings. The fourth-order valence-electron chi connectivity index (χ4n) is 1.78. The molecule has 0 fully saturated rings. The summed E-state index contributed by atoms with van der Waals surface area (Å²) in [6, 6.07) is 13.8. The van der Waals surface area contributed by atoms with E-state index in [0.717, 1.165) is 12.2 Å². The van der Waals surface area contributed by atoms with Crippen LogP contribution < -0.4 is 4.90 Å². The highest BCUT2D eigenvalue weighted by molar-refractivity contribution is 6.29. The Bertz CT molecular complexity index is 473. The molecule has 0 unspecified atom stereocenters. The Balaban J connectivity index is 2.15. The lowest BCUT2D eigenvalue weighted by atomic mass is 10.2. The van der Waals surface area contributed by atoms with Crippen LogP contribution in [0.25, 0.3) is 0 Å². The minimum absolute atomic E-state index is 0.107. The Kier molecular flexibility index (Phi) is 4.56. The number of halogens is 1. The minimum Gasteiger partial charge on any atom is -0.395 e. The Morgan fingerprint density at radius 1 is 1.11 bits per heavy atom. The highest BCUT2D eigenvalue weighted by atomic mass is 35.5. The van der Waals surface area contributed by atoms with Crippen molar-refractivity contribution in [3.8, 4) is 0 Å². The van der Waals surface area contributed by atoms with Gasteiger partial charge in [-0.2, -0.15) is 0 Å². The van der Waals surface area contributed by atoms with Crippen LogP contribution in [0.3, 0.4) is 0 Å². The third kappa shape index (κ3) is 3.45. The van der Waals surface area contributed by atoms with Crippen LogP contribution in [-0.4, -0.2) is 23.2 Å². The first-order valence-electron chi connectivity index (χ1n) is 5.81. The number of anilines is 1. The number of rotatable bonds is 5. The fourth-order valence-corrected chi connectivity index (χ4v) is 1.89. The first-order valence-corrected chi connectivity index (χ1v) is 6.18. The second-order valence-electron chi connectivity index (χ2n) is 3.97. The van der Waals surface area contributed by atoms with Crippen LogP contribution in [0.4, 0.5) is 5.69 Å². The van der Waals surface area contributed by atoms with E-state index in [4.69, 9.17) is 16.7 Å². The summed E-state index contributed by atoms with van der Waals surface area (Å²) in [5.41, 5.74) is 2.15. The summed E-state index contributed by atoms with van der Waals surface area (Å²) < 4.78 is 0. The molecule has 0 radical (unpaired) electrons. The molecule has 0 spiro atoms. The van der Waals surface area contributed by atoms with Gasteiger partial charge in [0.2, 0.25) is 0 Å². The zero-order valence-electron chi connectivity index (χ0n) is 9.96. The van der Waals surface area contributed by atoms with Crippen LogP contribution in [0.1, 0.15) is 5.56 Å². The highest BCUT2D eigenvalue weighted by Gasteiger charge is 2.07. The predicted molar refractivity (Wildman–Crippen MR) is 73.8 cm³/mol. The third-order valence-electron chi connectivity index (χ3n) is 2.66. The molecule has 1 aromatic carbocycles. The molecule has 0 saturated carbocycles. The topological polar surface area (TPSA) is 36.4 Å². The van der Waals surface area contributed by atoms with Gasteiger partial charge in [-0.1, -0.05) is 41.9 Å². The first kappa shape index (κ1) is 12.9. The van der Waals surface area contributed by atoms with E-state index in [1.165, 1.54) is 5.56 Å². The van der Waals surface area contributed by atoms with Gasteiger partial charge in [0.25, 0.3) is 0 Å². The van der Waals surface area contributed by atoms with Gasteiger partial charge in [-0.3, -0.25) is 0 Å². The van der Waals surface area contributed by atoms with E-state index in [9.17, 15) is 0 Å². The number of aliphatic hydroxyl groups is 1. The van der Waals surface area contributed by atoms with Gasteiger partial charge in [0.05, 0.1) is 18.5 Å². The molecule has 2 aromatic rings. The molecular weight excluding hydrogens is 248 g/mol. The Hall–Kier alpha value is -1.58. The van der Waals surface area contributed by atoms with Crippen LogP contribution in [0, 0.1) is 0 Å². The van der Waals surface area contributed by atoms with Gasteiger partial charge in [0.15, 0.2) is 0 Å². The molecule has 1 heterocycles. The molecule has 0 amide bonds. The third-order valence-corrected chi connectivity index (χ3v) is 2.89. The van der Waals surface area contributed by atoms with Crippen LogP contribution in [0.15, 0.2) is 48.7 Å². The van der Waals surface area contributed by atoms with E-state index >= 15 is 0 Å². The standard InChI is InChI=1S/C14H15ClN2O/c15-14-7-6-13(10-16-14)17(8-9-18)11-12-4-2-1-3-5-12/h1-7,10,18H,8-9,11H2. The molecule has 1 aromatic heterocycles. The monoisotopic (exact) mass is 262 g/mol. The molecule has 2 rings (SSSR count). The second kappa shape index (κ2) is 6.38. The maximum Gasteiger partial charge on any atom is 0.129 e. The van der Waals surface area contributed by atoms with E-state index < -0.39 is 0 Å². The fraction of sp³-hybridized carbons (Fsp3) is 0.214. The zero-order valence-corrected chi connectivity index (χ0v) is 10.7. The Labute approximate surface area is 112 Å². The number of benzene rings is 1. The second-order valence-corrected chi connectivity index (χ2v) is 4.36. The number of aromatic nitrogens is 1. The van der Waals surface area contributed by atoms with Crippen molar-refractivity contribution in [1.29, 1.82) is 0 Å². The van der Waals surface area contributed by atoms with Crippen molar-refractivity contribution in [2.24, 2.45) is 0 Å². The lowest BCUT2D eigenvalue weighted by molar-refractivity contribution is 0.301. The summed E-state index contributed by atoms with van der Waals surface area (Å²) in [7, 11) is 0. The van der Waals surface area contributed by atoms with Crippen molar-refractivity contribution in [2.75, 3.05) is 18.1 Å². The molecule has 0 atom stereocenters. The van der Waals surface area contributed by atoms with E-state index in [0.29, 0.717) is 11.7 Å². The summed E-state index contributed by atoms with van der Waals surface area (Å²) >= 11 is 5.77. The quantitative estimate of drug-likeness (QED) is 0.842. The molecule has 1 N–H and O–H groups in total. The van der Waals surface area contributed by atoms with Crippen LogP contribution in [0.5, 0.6) is 0 Å². The number of hydrogen-bond donors (Lipinski definition) is 1. The van der Waals surface area contributed by atoms with Crippen LogP contribution in [0.2, 0.25) is 5.15 Å². The minimum atomic E-state index is 0.107. The van der Waals surface area contributed by atoms with Gasteiger partial charge in [-0.15, -0.1) is 0 Å². The summed E-state index contributed by atoms with van der Waals surface area (Å²) in [5.74, 6) is 0. The molecule has 18 heavy (non-hydrogen) atoms. The van der Waals surface area contributed by atoms with Crippen molar-refractivity contribution < 1.29 is 5.11 Å². The van der Waals surface area contributed by atoms with Gasteiger partial charge in [0.1, 0.15) is 5.15 Å². The molecule has 0 aliphatic heterocycles. The van der Waals surface area contributed by atoms with Crippen molar-refractivity contribution in [3.63, 3.8) is 0 Å². The van der Waals surface area contributed by atoms with E-state index in [-0.39, 0.29) is 6.61 Å². The number of pyridine rings is 1. The predicted octanol–water partition coefficient (Wildman–Crippen LogP) is 2.73. The van der Waals surface area contributed by atoms with Crippen molar-refractivity contribution in [2.45, 2.75) is 6.54 Å². The van der Waals surface area contributed by atoms with Crippen molar-refractivity contribution in [1.82, 2.24) is 4.98 Å². The van der Waals surface area contributed by atoms with Crippen LogP contribution >= 0.6 is 11.6 Å². The van der Waals surface area contributed by atoms with Gasteiger partial charge in [0, 0.05) is 13.1 Å². The summed E-state index contributed by atoms with van der Waals surface area (Å²) in [6.45, 7) is 1.42. The Morgan fingerprint density at radius 2 is 1.89 bits per heavy atom. The zero-order chi connectivity index (χ0) is 12.8. The van der Waals surface area contributed by atoms with E-state index in [1.54, 1.807) is 12.3 Å². The first-order chi connectivity index (χ1) is 8.79. The normalized spacial score (nSPS) is 10.3. The maximum atomic E-state index is 9.14. The van der Waals surface area contributed by atoms with Crippen LogP contribution in [-0.2, 0) is 6.54 Å². The lowest BCUT2D eigenvalue weighted by Crippen LogP contribution is -2.26. The molecule has 0 saturated heterocycles. The molecular formula is C14H15ClN2O. The van der Waals surface area contributed by atoms with E-state index in [2.05, 4.69) is 22.0 Å². The number of nitrogens with zero attached hydrogens (tertiary/aromatic N) is 2. The van der Waals surface area contributed by atoms with Crippen molar-refractivity contribution in [3.05, 3.63) is 59.4 Å². The lowest BCUT2D eigenvalue weighted by Gasteiger charge is -2.23. The molecule has 3 nitrogen and oxygen atoms in total. The number of hydrogen-bond acceptors (Lipinski definition) is 3. The highest BCUT2D eigenvalue weighted by Crippen LogP contribution is 2.17. The van der Waals surface area contributed by atoms with Gasteiger partial charge in [-0.05, 0) is 17.7 Å². The summed E-state index contributed by atoms with van der Waals surface area (Å²) in [6.07, 6.45) is 1.72. The molecule has 0 aliphatic carbocycles. The smallest absolute Gasteiger partial charge is 0.129 e.